The van der Waals surface area contributed by atoms with Gasteiger partial charge >= 0.3 is 0 Å². The van der Waals surface area contributed by atoms with Crippen molar-refractivity contribution in [2.24, 2.45) is 20.0 Å². The first-order valence-corrected chi connectivity index (χ1v) is 25.4. The molecule has 0 fully saturated rings. The number of nitrogens with zero attached hydrogens (tertiary/aromatic N) is 4. The molecule has 0 amide bonds. The molecule has 172 valence electrons. The Bertz CT molecular complexity index is 553. The molecule has 2 heterocycles. The number of rotatable bonds is 6. The molecule has 2 N–H and O–H groups in total. The van der Waals surface area contributed by atoms with Gasteiger partial charge in [-0.25, -0.2) is 20.0 Å². The van der Waals surface area contributed by atoms with E-state index in [0.29, 0.717) is 10.3 Å². The van der Waals surface area contributed by atoms with Crippen LogP contribution in [0.1, 0.15) is 0 Å². The quantitative estimate of drug-likeness (QED) is 0.516. The molecule has 0 radical (unpaired) electrons. The second-order valence-corrected chi connectivity index (χ2v) is 35.3. The number of nitrogens with one attached hydrogen (secondary N) is 2. The van der Waals surface area contributed by atoms with Gasteiger partial charge in [-0.3, -0.25) is 0 Å². The number of aliphatic imine (C=N–C) groups is 4. The van der Waals surface area contributed by atoms with E-state index in [4.69, 9.17) is 0 Å². The fraction of sp³-hybridized carbons (Fsp3) is 0.800. The van der Waals surface area contributed by atoms with Crippen LogP contribution in [0.2, 0.25) is 88.9 Å². The standard InChI is InChI=1S/2C10H23N3Si2/c2*1-14(2,3)10(15(4,5)6)9-12-7-11-8-13-9/h2*7-10H,1-6H3,(H,11,12,13). The molecule has 2 aliphatic heterocycles. The van der Waals surface area contributed by atoms with Gasteiger partial charge in [0.05, 0.1) is 25.4 Å². The molecule has 6 nitrogen and oxygen atoms in total. The molecule has 0 bridgehead atoms. The molecule has 2 rings (SSSR count). The Balaban J connectivity index is 0.000000300. The summed E-state index contributed by atoms with van der Waals surface area (Å²) >= 11 is 0. The molecule has 0 saturated carbocycles. The summed E-state index contributed by atoms with van der Waals surface area (Å²) in [5.74, 6) is 0. The number of hydrogen-bond acceptors (Lipinski definition) is 6. The monoisotopic (exact) mass is 482 g/mol. The topological polar surface area (TPSA) is 73.5 Å². The van der Waals surface area contributed by atoms with E-state index in [1.807, 2.05) is 0 Å². The van der Waals surface area contributed by atoms with Gasteiger partial charge in [0, 0.05) is 32.3 Å². The van der Waals surface area contributed by atoms with E-state index in [1.165, 1.54) is 0 Å². The van der Waals surface area contributed by atoms with Gasteiger partial charge in [0.2, 0.25) is 0 Å². The third kappa shape index (κ3) is 8.35. The van der Waals surface area contributed by atoms with Gasteiger partial charge in [-0.2, -0.15) is 0 Å². The van der Waals surface area contributed by atoms with Crippen LogP contribution in [-0.4, -0.2) is 70.0 Å². The molecule has 30 heavy (non-hydrogen) atoms. The molecular formula is C20H46N6Si4. The summed E-state index contributed by atoms with van der Waals surface area (Å²) < 4.78 is 0. The van der Waals surface area contributed by atoms with Crippen molar-refractivity contribution in [3.63, 3.8) is 0 Å². The lowest BCUT2D eigenvalue weighted by Gasteiger charge is -2.40. The lowest BCUT2D eigenvalue weighted by Crippen LogP contribution is -2.49. The van der Waals surface area contributed by atoms with Gasteiger partial charge in [-0.15, -0.1) is 0 Å². The Morgan fingerprint density at radius 2 is 0.667 bits per heavy atom. The highest BCUT2D eigenvalue weighted by Gasteiger charge is 2.43. The Hall–Kier alpha value is -0.852. The Labute approximate surface area is 189 Å². The summed E-state index contributed by atoms with van der Waals surface area (Å²) in [5.41, 5.74) is 0. The average molecular weight is 483 g/mol. The third-order valence-electron chi connectivity index (χ3n) is 5.54. The van der Waals surface area contributed by atoms with Crippen LogP contribution in [0.3, 0.4) is 0 Å². The van der Waals surface area contributed by atoms with Gasteiger partial charge in [0.25, 0.3) is 0 Å². The third-order valence-corrected chi connectivity index (χ3v) is 24.6. The van der Waals surface area contributed by atoms with Crippen LogP contribution in [0.5, 0.6) is 0 Å². The van der Waals surface area contributed by atoms with Crippen molar-refractivity contribution >= 4 is 57.6 Å². The van der Waals surface area contributed by atoms with Crippen LogP contribution in [-0.2, 0) is 0 Å². The zero-order valence-corrected chi connectivity index (χ0v) is 25.4. The average Bonchev–Trinajstić information content (AvgIpc) is 2.52. The minimum Gasteiger partial charge on any atom is -0.338 e. The predicted octanol–water partition coefficient (Wildman–Crippen LogP) is 5.12. The van der Waals surface area contributed by atoms with E-state index >= 15 is 0 Å². The van der Waals surface area contributed by atoms with Crippen molar-refractivity contribution in [1.82, 2.24) is 10.6 Å². The van der Waals surface area contributed by atoms with Crippen LogP contribution in [0.4, 0.5) is 0 Å². The molecule has 0 aromatic heterocycles. The minimum absolute atomic E-state index is 0.171. The van der Waals surface area contributed by atoms with Crippen LogP contribution < -0.4 is 10.6 Å². The number of hydrogen-bond donors (Lipinski definition) is 2. The second kappa shape index (κ2) is 10.2. The van der Waals surface area contributed by atoms with E-state index in [2.05, 4.69) is 109 Å². The molecule has 10 heteroatoms. The maximum atomic E-state index is 4.50. The highest BCUT2D eigenvalue weighted by molar-refractivity contribution is 6.97. The molecule has 2 aliphatic rings. The normalized spacial score (nSPS) is 18.3. The summed E-state index contributed by atoms with van der Waals surface area (Å²) in [6.45, 7) is 29.2. The molecule has 0 saturated heterocycles. The molecule has 0 spiro atoms. The first-order chi connectivity index (χ1) is 13.5. The largest absolute Gasteiger partial charge is 0.338 e. The van der Waals surface area contributed by atoms with Crippen molar-refractivity contribution in [2.45, 2.75) is 101 Å². The minimum atomic E-state index is -1.20. The van der Waals surface area contributed by atoms with E-state index in [1.54, 1.807) is 25.4 Å². The van der Waals surface area contributed by atoms with Crippen molar-refractivity contribution in [2.75, 3.05) is 0 Å². The predicted molar refractivity (Wildman–Crippen MR) is 149 cm³/mol. The molecule has 0 aromatic carbocycles. The lowest BCUT2D eigenvalue weighted by molar-refractivity contribution is 0.720. The maximum absolute atomic E-state index is 4.50. The van der Waals surface area contributed by atoms with Crippen LogP contribution in [0, 0.1) is 0 Å². The fourth-order valence-corrected chi connectivity index (χ4v) is 30.4. The van der Waals surface area contributed by atoms with Crippen LogP contribution >= 0.6 is 0 Å². The van der Waals surface area contributed by atoms with E-state index in [0.717, 1.165) is 0 Å². The van der Waals surface area contributed by atoms with Gasteiger partial charge in [0.1, 0.15) is 12.3 Å². The molecule has 0 aromatic rings. The van der Waals surface area contributed by atoms with Crippen molar-refractivity contribution in [3.05, 3.63) is 0 Å². The molecule has 0 unspecified atom stereocenters. The Kier molecular flexibility index (Phi) is 9.22. The zero-order valence-electron chi connectivity index (χ0n) is 21.4. The first kappa shape index (κ1) is 27.2. The van der Waals surface area contributed by atoms with Crippen LogP contribution in [0.25, 0.3) is 0 Å². The van der Waals surface area contributed by atoms with E-state index < -0.39 is 32.3 Å². The second-order valence-electron chi connectivity index (χ2n) is 12.7. The summed E-state index contributed by atoms with van der Waals surface area (Å²) in [4.78, 5) is 18.0. The smallest absolute Gasteiger partial charge is 0.141 e. The summed E-state index contributed by atoms with van der Waals surface area (Å²) in [6, 6.07) is 0. The van der Waals surface area contributed by atoms with Crippen LogP contribution in [0.15, 0.2) is 20.0 Å². The lowest BCUT2D eigenvalue weighted by atomic mass is 10.6. The summed E-state index contributed by atoms with van der Waals surface area (Å²) in [5, 5.41) is 7.26. The Morgan fingerprint density at radius 3 is 0.833 bits per heavy atom. The van der Waals surface area contributed by atoms with Gasteiger partial charge in [-0.1, -0.05) is 78.6 Å². The van der Waals surface area contributed by atoms with Crippen molar-refractivity contribution < 1.29 is 0 Å². The van der Waals surface area contributed by atoms with Gasteiger partial charge in [-0.05, 0) is 10.3 Å². The SMILES string of the molecule is C[Si](C)(C)C(C1N=CNC=N1)[Si](C)(C)C.C[Si](C)(C)C(C1N=CNC=N1)[Si](C)(C)C. The highest BCUT2D eigenvalue weighted by atomic mass is 28.4. The Morgan fingerprint density at radius 1 is 0.467 bits per heavy atom. The van der Waals surface area contributed by atoms with Gasteiger partial charge in [0.15, 0.2) is 0 Å². The molecule has 0 atom stereocenters. The first-order valence-electron chi connectivity index (χ1n) is 11.0. The molecular weight excluding hydrogens is 437 g/mol. The maximum Gasteiger partial charge on any atom is 0.141 e. The van der Waals surface area contributed by atoms with Crippen molar-refractivity contribution in [1.29, 1.82) is 0 Å². The van der Waals surface area contributed by atoms with E-state index in [-0.39, 0.29) is 12.3 Å². The van der Waals surface area contributed by atoms with Crippen molar-refractivity contribution in [3.8, 4) is 0 Å². The summed E-state index contributed by atoms with van der Waals surface area (Å²) in [7, 11) is -4.81. The van der Waals surface area contributed by atoms with E-state index in [9.17, 15) is 0 Å². The zero-order chi connectivity index (χ0) is 23.4. The molecule has 0 aliphatic carbocycles. The fourth-order valence-electron chi connectivity index (χ4n) is 5.35. The van der Waals surface area contributed by atoms with Gasteiger partial charge < -0.3 is 10.6 Å². The summed E-state index contributed by atoms with van der Waals surface area (Å²) in [6.07, 6.45) is 7.47. The highest BCUT2D eigenvalue weighted by Crippen LogP contribution is 2.38.